The highest BCUT2D eigenvalue weighted by atomic mass is 16.3. The van der Waals surface area contributed by atoms with Gasteiger partial charge in [0.05, 0.1) is 0 Å². The number of benzene rings is 9. The summed E-state index contributed by atoms with van der Waals surface area (Å²) in [4.78, 5) is 0. The first kappa shape index (κ1) is 26.1. The Balaban J connectivity index is 1.41. The maximum atomic E-state index is 6.59. The molecule has 47 heavy (non-hydrogen) atoms. The summed E-state index contributed by atoms with van der Waals surface area (Å²) >= 11 is 0. The van der Waals surface area contributed by atoms with Crippen molar-refractivity contribution in [2.75, 3.05) is 0 Å². The zero-order valence-electron chi connectivity index (χ0n) is 25.6. The van der Waals surface area contributed by atoms with Gasteiger partial charge in [-0.25, -0.2) is 0 Å². The lowest BCUT2D eigenvalue weighted by molar-refractivity contribution is 0.669. The lowest BCUT2D eigenvalue weighted by Gasteiger charge is -2.21. The molecular formula is C46H28O. The Bertz CT molecular complexity index is 2780. The molecule has 0 aliphatic rings. The van der Waals surface area contributed by atoms with E-state index in [4.69, 9.17) is 4.42 Å². The fourth-order valence-electron chi connectivity index (χ4n) is 7.90. The second kappa shape index (κ2) is 10.2. The smallest absolute Gasteiger partial charge is 0.136 e. The third kappa shape index (κ3) is 3.84. The van der Waals surface area contributed by atoms with Crippen LogP contribution in [0.15, 0.2) is 174 Å². The highest BCUT2D eigenvalue weighted by molar-refractivity contribution is 6.27. The molecule has 0 unspecified atom stereocenters. The molecule has 0 bridgehead atoms. The first-order valence-electron chi connectivity index (χ1n) is 16.2. The average molecular weight is 597 g/mol. The van der Waals surface area contributed by atoms with E-state index in [2.05, 4.69) is 170 Å². The summed E-state index contributed by atoms with van der Waals surface area (Å²) in [5, 5.41) is 12.2. The third-order valence-electron chi connectivity index (χ3n) is 9.85. The van der Waals surface area contributed by atoms with Gasteiger partial charge < -0.3 is 4.42 Å². The molecule has 0 amide bonds. The van der Waals surface area contributed by atoms with Crippen LogP contribution < -0.4 is 0 Å². The van der Waals surface area contributed by atoms with Gasteiger partial charge in [0, 0.05) is 10.8 Å². The Morgan fingerprint density at radius 2 is 0.809 bits per heavy atom. The summed E-state index contributed by atoms with van der Waals surface area (Å²) in [6, 6.07) is 61.5. The quantitative estimate of drug-likeness (QED) is 0.185. The van der Waals surface area contributed by atoms with Gasteiger partial charge in [-0.2, -0.15) is 0 Å². The number of rotatable bonds is 3. The molecule has 1 heterocycles. The molecule has 0 saturated carbocycles. The Morgan fingerprint density at radius 1 is 0.277 bits per heavy atom. The summed E-state index contributed by atoms with van der Waals surface area (Å²) < 4.78 is 6.59. The Kier molecular flexibility index (Phi) is 5.64. The minimum absolute atomic E-state index is 0.905. The molecule has 9 aromatic carbocycles. The maximum absolute atomic E-state index is 6.59. The lowest BCUT2D eigenvalue weighted by Crippen LogP contribution is -1.94. The van der Waals surface area contributed by atoms with Crippen molar-refractivity contribution >= 4 is 65.0 Å². The van der Waals surface area contributed by atoms with E-state index in [1.54, 1.807) is 0 Å². The normalized spacial score (nSPS) is 11.8. The molecule has 10 rings (SSSR count). The SMILES string of the molecule is c1ccc(-c2c3ccccc3c(-c3ccc4ccccc4c3-c3cccc4oc5ccc6ccccc6c5c34)c3ccccc23)cc1. The average Bonchev–Trinajstić information content (AvgIpc) is 3.53. The molecule has 1 heteroatoms. The van der Waals surface area contributed by atoms with E-state index in [1.165, 1.54) is 81.9 Å². The number of hydrogen-bond donors (Lipinski definition) is 0. The Hall–Kier alpha value is -6.18. The van der Waals surface area contributed by atoms with Gasteiger partial charge in [-0.15, -0.1) is 0 Å². The summed E-state index contributed by atoms with van der Waals surface area (Å²) in [7, 11) is 0. The first-order valence-corrected chi connectivity index (χ1v) is 16.2. The highest BCUT2D eigenvalue weighted by Gasteiger charge is 2.23. The van der Waals surface area contributed by atoms with Crippen LogP contribution in [0, 0.1) is 0 Å². The van der Waals surface area contributed by atoms with E-state index < -0.39 is 0 Å². The number of furan rings is 1. The van der Waals surface area contributed by atoms with Crippen molar-refractivity contribution in [3.63, 3.8) is 0 Å². The van der Waals surface area contributed by atoms with Crippen LogP contribution in [-0.4, -0.2) is 0 Å². The molecule has 0 atom stereocenters. The van der Waals surface area contributed by atoms with Crippen molar-refractivity contribution in [3.05, 3.63) is 170 Å². The van der Waals surface area contributed by atoms with Crippen LogP contribution in [-0.2, 0) is 0 Å². The molecule has 0 N–H and O–H groups in total. The molecule has 218 valence electrons. The van der Waals surface area contributed by atoms with Crippen LogP contribution in [0.5, 0.6) is 0 Å². The molecule has 0 aliphatic heterocycles. The fraction of sp³-hybridized carbons (Fsp3) is 0. The second-order valence-corrected chi connectivity index (χ2v) is 12.4. The molecule has 1 nitrogen and oxygen atoms in total. The molecular weight excluding hydrogens is 569 g/mol. The topological polar surface area (TPSA) is 13.1 Å². The number of fused-ring (bicyclic) bond motifs is 8. The van der Waals surface area contributed by atoms with Crippen LogP contribution in [0.4, 0.5) is 0 Å². The van der Waals surface area contributed by atoms with Gasteiger partial charge in [-0.05, 0) is 88.6 Å². The van der Waals surface area contributed by atoms with Crippen LogP contribution in [0.1, 0.15) is 0 Å². The van der Waals surface area contributed by atoms with Gasteiger partial charge in [0.25, 0.3) is 0 Å². The van der Waals surface area contributed by atoms with Crippen LogP contribution in [0.2, 0.25) is 0 Å². The van der Waals surface area contributed by atoms with Crippen LogP contribution >= 0.6 is 0 Å². The van der Waals surface area contributed by atoms with Crippen molar-refractivity contribution in [2.45, 2.75) is 0 Å². The van der Waals surface area contributed by atoms with Gasteiger partial charge >= 0.3 is 0 Å². The van der Waals surface area contributed by atoms with E-state index in [0.29, 0.717) is 0 Å². The molecule has 1 aromatic heterocycles. The van der Waals surface area contributed by atoms with Gasteiger partial charge in [-0.1, -0.05) is 158 Å². The zero-order chi connectivity index (χ0) is 30.9. The van der Waals surface area contributed by atoms with Crippen LogP contribution in [0.3, 0.4) is 0 Å². The van der Waals surface area contributed by atoms with E-state index in [9.17, 15) is 0 Å². The van der Waals surface area contributed by atoms with Crippen molar-refractivity contribution in [1.29, 1.82) is 0 Å². The molecule has 0 saturated heterocycles. The van der Waals surface area contributed by atoms with Crippen molar-refractivity contribution in [3.8, 4) is 33.4 Å². The maximum Gasteiger partial charge on any atom is 0.136 e. The first-order chi connectivity index (χ1) is 23.3. The standard InChI is InChI=1S/C46H28O/c1-2-15-31(16-3-1)42-34-19-8-10-21-36(34)44(37-22-11-9-20-35(37)42)39-27-25-29-13-4-6-17-32(29)43(39)38-23-12-24-40-46(38)45-33-18-7-5-14-30(33)26-28-41(45)47-40/h1-28H. The van der Waals surface area contributed by atoms with Gasteiger partial charge in [0.15, 0.2) is 0 Å². The highest BCUT2D eigenvalue weighted by Crippen LogP contribution is 2.50. The van der Waals surface area contributed by atoms with Crippen molar-refractivity contribution < 1.29 is 4.42 Å². The monoisotopic (exact) mass is 596 g/mol. The van der Waals surface area contributed by atoms with E-state index in [-0.39, 0.29) is 0 Å². The lowest BCUT2D eigenvalue weighted by atomic mass is 9.82. The van der Waals surface area contributed by atoms with Crippen molar-refractivity contribution in [2.24, 2.45) is 0 Å². The molecule has 0 spiro atoms. The second-order valence-electron chi connectivity index (χ2n) is 12.4. The van der Waals surface area contributed by atoms with Gasteiger partial charge in [0.1, 0.15) is 11.2 Å². The van der Waals surface area contributed by atoms with Gasteiger partial charge in [-0.3, -0.25) is 0 Å². The Morgan fingerprint density at radius 3 is 1.51 bits per heavy atom. The van der Waals surface area contributed by atoms with E-state index in [0.717, 1.165) is 16.6 Å². The molecule has 10 aromatic rings. The van der Waals surface area contributed by atoms with Gasteiger partial charge in [0.2, 0.25) is 0 Å². The Labute approximate surface area is 271 Å². The summed E-state index contributed by atoms with van der Waals surface area (Å²) in [5.41, 5.74) is 9.21. The summed E-state index contributed by atoms with van der Waals surface area (Å²) in [6.07, 6.45) is 0. The zero-order valence-corrected chi connectivity index (χ0v) is 25.6. The predicted molar refractivity (Wildman–Crippen MR) is 200 cm³/mol. The van der Waals surface area contributed by atoms with E-state index >= 15 is 0 Å². The largest absolute Gasteiger partial charge is 0.456 e. The van der Waals surface area contributed by atoms with Crippen molar-refractivity contribution in [1.82, 2.24) is 0 Å². The predicted octanol–water partition coefficient (Wildman–Crippen LogP) is 13.2. The van der Waals surface area contributed by atoms with Crippen LogP contribution in [0.25, 0.3) is 98.4 Å². The van der Waals surface area contributed by atoms with E-state index in [1.807, 2.05) is 0 Å². The molecule has 0 radical (unpaired) electrons. The summed E-state index contributed by atoms with van der Waals surface area (Å²) in [5.74, 6) is 0. The summed E-state index contributed by atoms with van der Waals surface area (Å²) in [6.45, 7) is 0. The fourth-order valence-corrected chi connectivity index (χ4v) is 7.90. The molecule has 0 aliphatic carbocycles. The third-order valence-corrected chi connectivity index (χ3v) is 9.85. The minimum Gasteiger partial charge on any atom is -0.456 e. The number of hydrogen-bond acceptors (Lipinski definition) is 1. The minimum atomic E-state index is 0.905. The molecule has 0 fully saturated rings.